The molecule has 0 unspecified atom stereocenters. The van der Waals surface area contributed by atoms with Crippen LogP contribution in [0.25, 0.3) is 0 Å². The van der Waals surface area contributed by atoms with Gasteiger partial charge in [0.15, 0.2) is 0 Å². The van der Waals surface area contributed by atoms with Crippen molar-refractivity contribution in [2.45, 2.75) is 90.4 Å². The predicted octanol–water partition coefficient (Wildman–Crippen LogP) is 5.48. The number of esters is 1. The number of hydrogen-bond donors (Lipinski definition) is 1. The molecule has 196 valence electrons. The van der Waals surface area contributed by atoms with E-state index < -0.39 is 11.1 Å². The van der Waals surface area contributed by atoms with Gasteiger partial charge in [-0.3, -0.25) is 9.59 Å². The van der Waals surface area contributed by atoms with Gasteiger partial charge in [0.25, 0.3) is 5.09 Å². The number of terminal acetylenes is 1. The predicted molar refractivity (Wildman–Crippen MR) is 134 cm³/mol. The molecule has 0 spiro atoms. The molecule has 1 aromatic rings. The molecule has 8 nitrogen and oxygen atoms in total. The summed E-state index contributed by atoms with van der Waals surface area (Å²) in [5.41, 5.74) is 0.843. The summed E-state index contributed by atoms with van der Waals surface area (Å²) >= 11 is 0. The third-order valence-electron chi connectivity index (χ3n) is 8.23. The SMILES string of the molecule is C#CCCCCC(C)(C)c1cc(O)c([C@H]2CC(=O)[C@H]3C[C@@H]2C3(C)C)c(OC(=O)CCCO[N+](=O)[O-])c1. The third-order valence-corrected chi connectivity index (χ3v) is 8.23. The van der Waals surface area contributed by atoms with Crippen molar-refractivity contribution in [2.75, 3.05) is 6.61 Å². The van der Waals surface area contributed by atoms with Gasteiger partial charge in [-0.2, -0.15) is 0 Å². The molecule has 2 bridgehead atoms. The number of ether oxygens (including phenoxy) is 1. The fraction of sp³-hybridized carbons (Fsp3) is 0.643. The maximum absolute atomic E-state index is 12.8. The smallest absolute Gasteiger partial charge is 0.311 e. The van der Waals surface area contributed by atoms with E-state index in [1.165, 1.54) is 0 Å². The van der Waals surface area contributed by atoms with Crippen LogP contribution in [0.1, 0.15) is 96.1 Å². The fourth-order valence-electron chi connectivity index (χ4n) is 5.92. The number of rotatable bonds is 12. The number of hydrogen-bond acceptors (Lipinski definition) is 7. The van der Waals surface area contributed by atoms with Crippen molar-refractivity contribution in [3.05, 3.63) is 33.4 Å². The van der Waals surface area contributed by atoms with Crippen LogP contribution in [0, 0.1) is 39.7 Å². The van der Waals surface area contributed by atoms with Crippen LogP contribution in [0.3, 0.4) is 0 Å². The van der Waals surface area contributed by atoms with E-state index in [2.05, 4.69) is 38.5 Å². The van der Waals surface area contributed by atoms with Crippen LogP contribution < -0.4 is 4.74 Å². The molecule has 0 amide bonds. The second kappa shape index (κ2) is 10.9. The topological polar surface area (TPSA) is 116 Å². The maximum atomic E-state index is 12.8. The van der Waals surface area contributed by atoms with Gasteiger partial charge in [0.1, 0.15) is 17.3 Å². The van der Waals surface area contributed by atoms with E-state index in [1.54, 1.807) is 6.07 Å². The highest BCUT2D eigenvalue weighted by molar-refractivity contribution is 5.86. The number of carbonyl (C=O) groups excluding carboxylic acids is 2. The minimum atomic E-state index is -0.898. The maximum Gasteiger partial charge on any atom is 0.311 e. The highest BCUT2D eigenvalue weighted by Gasteiger charge is 2.59. The van der Waals surface area contributed by atoms with E-state index in [-0.39, 0.29) is 65.3 Å². The van der Waals surface area contributed by atoms with Crippen molar-refractivity contribution in [1.82, 2.24) is 0 Å². The van der Waals surface area contributed by atoms with Crippen LogP contribution in [0.5, 0.6) is 11.5 Å². The van der Waals surface area contributed by atoms with Crippen LogP contribution in [-0.4, -0.2) is 28.6 Å². The first-order valence-corrected chi connectivity index (χ1v) is 12.7. The van der Waals surface area contributed by atoms with Gasteiger partial charge >= 0.3 is 5.97 Å². The monoisotopic (exact) mass is 499 g/mol. The molecule has 0 aliphatic heterocycles. The molecule has 4 rings (SSSR count). The molecule has 8 heteroatoms. The Morgan fingerprint density at radius 3 is 2.64 bits per heavy atom. The minimum absolute atomic E-state index is 0.0302. The van der Waals surface area contributed by atoms with E-state index in [0.29, 0.717) is 18.4 Å². The Morgan fingerprint density at radius 1 is 1.31 bits per heavy atom. The molecule has 3 aliphatic carbocycles. The lowest BCUT2D eigenvalue weighted by Gasteiger charge is -2.59. The molecule has 0 radical (unpaired) electrons. The zero-order chi connectivity index (χ0) is 26.7. The van der Waals surface area contributed by atoms with Gasteiger partial charge in [0, 0.05) is 36.7 Å². The van der Waals surface area contributed by atoms with Gasteiger partial charge in [0.2, 0.25) is 0 Å². The van der Waals surface area contributed by atoms with Gasteiger partial charge < -0.3 is 14.7 Å². The molecule has 36 heavy (non-hydrogen) atoms. The largest absolute Gasteiger partial charge is 0.508 e. The Hall–Kier alpha value is -3.08. The molecular formula is C28H37NO7. The van der Waals surface area contributed by atoms with E-state index in [1.807, 2.05) is 6.07 Å². The lowest BCUT2D eigenvalue weighted by Crippen LogP contribution is -2.56. The van der Waals surface area contributed by atoms with Gasteiger partial charge in [0.05, 0.1) is 6.61 Å². The second-order valence-electron chi connectivity index (χ2n) is 11.3. The number of phenolic OH excluding ortho intramolecular Hbond substituents is 1. The Kier molecular flexibility index (Phi) is 8.33. The molecule has 0 heterocycles. The number of aromatic hydroxyl groups is 1. The summed E-state index contributed by atoms with van der Waals surface area (Å²) in [6, 6.07) is 3.55. The number of fused-ring (bicyclic) bond motifs is 2. The van der Waals surface area contributed by atoms with Gasteiger partial charge in [-0.25, -0.2) is 0 Å². The van der Waals surface area contributed by atoms with Crippen LogP contribution >= 0.6 is 0 Å². The highest BCUT2D eigenvalue weighted by atomic mass is 16.9. The lowest BCUT2D eigenvalue weighted by atomic mass is 9.44. The van der Waals surface area contributed by atoms with E-state index >= 15 is 0 Å². The van der Waals surface area contributed by atoms with Crippen LogP contribution in [0.2, 0.25) is 0 Å². The summed E-state index contributed by atoms with van der Waals surface area (Å²) in [5, 5.41) is 20.7. The zero-order valence-corrected chi connectivity index (χ0v) is 21.7. The molecule has 3 fully saturated rings. The molecule has 3 aliphatic rings. The summed E-state index contributed by atoms with van der Waals surface area (Å²) in [5.74, 6) is 2.54. The summed E-state index contributed by atoms with van der Waals surface area (Å²) < 4.78 is 5.77. The molecule has 3 saturated carbocycles. The molecule has 0 saturated heterocycles. The quantitative estimate of drug-likeness (QED) is 0.101. The highest BCUT2D eigenvalue weighted by Crippen LogP contribution is 2.64. The van der Waals surface area contributed by atoms with Crippen LogP contribution in [-0.2, 0) is 19.8 Å². The summed E-state index contributed by atoms with van der Waals surface area (Å²) in [6.45, 7) is 8.10. The van der Waals surface area contributed by atoms with Crippen molar-refractivity contribution in [2.24, 2.45) is 17.3 Å². The van der Waals surface area contributed by atoms with E-state index in [4.69, 9.17) is 11.2 Å². The van der Waals surface area contributed by atoms with Crippen LogP contribution in [0.4, 0.5) is 0 Å². The number of carbonyl (C=O) groups is 2. The number of benzene rings is 1. The van der Waals surface area contributed by atoms with Gasteiger partial charge in [-0.1, -0.05) is 34.1 Å². The Morgan fingerprint density at radius 2 is 2.03 bits per heavy atom. The number of ketones is 1. The fourth-order valence-corrected chi connectivity index (χ4v) is 5.92. The molecule has 0 aromatic heterocycles. The van der Waals surface area contributed by atoms with Gasteiger partial charge in [-0.05, 0) is 60.1 Å². The summed E-state index contributed by atoms with van der Waals surface area (Å²) in [7, 11) is 0. The lowest BCUT2D eigenvalue weighted by molar-refractivity contribution is -0.757. The normalized spacial score (nSPS) is 22.3. The average Bonchev–Trinajstić information content (AvgIpc) is 2.78. The summed E-state index contributed by atoms with van der Waals surface area (Å²) in [4.78, 5) is 40.1. The van der Waals surface area contributed by atoms with Crippen molar-refractivity contribution in [1.29, 1.82) is 0 Å². The Labute approximate surface area is 212 Å². The number of phenols is 1. The van der Waals surface area contributed by atoms with Gasteiger partial charge in [-0.15, -0.1) is 22.5 Å². The number of nitrogens with zero attached hydrogens (tertiary/aromatic N) is 1. The zero-order valence-electron chi connectivity index (χ0n) is 21.7. The first kappa shape index (κ1) is 27.5. The molecule has 3 atom stereocenters. The standard InChI is InChI=1S/C28H37NO7/c1-6-7-8-9-12-27(2,3)18-14-23(31)26(19-16-22(30)21-17-20(19)28(21,4)5)24(15-18)36-25(32)11-10-13-35-29(33)34/h1,14-15,19-21,31H,7-13,16-17H2,2-5H3/t19-,20-,21+/m0/s1. The Balaban J connectivity index is 1.91. The third kappa shape index (κ3) is 5.83. The number of Topliss-reactive ketones (excluding diaryl/α,β-unsaturated/α-hetero) is 1. The van der Waals surface area contributed by atoms with Crippen molar-refractivity contribution >= 4 is 11.8 Å². The molecule has 1 aromatic carbocycles. The first-order valence-electron chi connectivity index (χ1n) is 12.7. The van der Waals surface area contributed by atoms with Crippen molar-refractivity contribution in [3.8, 4) is 23.8 Å². The Bertz CT molecular complexity index is 1050. The first-order chi connectivity index (χ1) is 16.9. The molecular weight excluding hydrogens is 462 g/mol. The second-order valence-corrected chi connectivity index (χ2v) is 11.3. The molecule has 1 N–H and O–H groups in total. The van der Waals surface area contributed by atoms with Crippen molar-refractivity contribution < 1.29 is 29.4 Å². The van der Waals surface area contributed by atoms with E-state index in [9.17, 15) is 24.8 Å². The van der Waals surface area contributed by atoms with Crippen molar-refractivity contribution in [3.63, 3.8) is 0 Å². The van der Waals surface area contributed by atoms with E-state index in [0.717, 1.165) is 31.2 Å². The average molecular weight is 500 g/mol. The van der Waals surface area contributed by atoms with Crippen LogP contribution in [0.15, 0.2) is 12.1 Å². The number of unbranched alkanes of at least 4 members (excludes halogenated alkanes) is 2. The summed E-state index contributed by atoms with van der Waals surface area (Å²) in [6.07, 6.45) is 9.85. The minimum Gasteiger partial charge on any atom is -0.508 e.